The van der Waals surface area contributed by atoms with Crippen LogP contribution in [0.1, 0.15) is 6.92 Å². The molecule has 80 valence electrons. The number of ether oxygens (including phenoxy) is 1. The molecule has 0 saturated heterocycles. The summed E-state index contributed by atoms with van der Waals surface area (Å²) in [5.41, 5.74) is -0.0415. The molecule has 0 rings (SSSR count). The quantitative estimate of drug-likeness (QED) is 0.328. The number of esters is 1. The van der Waals surface area contributed by atoms with Gasteiger partial charge >= 0.3 is 11.9 Å². The molecule has 1 N–H and O–H groups in total. The smallest absolute Gasteiger partial charge is 0.334 e. The van der Waals surface area contributed by atoms with Crippen LogP contribution in [-0.2, 0) is 14.3 Å². The van der Waals surface area contributed by atoms with Crippen molar-refractivity contribution in [3.63, 3.8) is 0 Å². The number of hydrogen-bond acceptors (Lipinski definition) is 4. The number of allylic oxidation sites excluding steroid dienone is 1. The second-order valence-corrected chi connectivity index (χ2v) is 2.08. The Hall–Kier alpha value is -2.35. The number of nitrogens with zero attached hydrogens (tertiary/aromatic N) is 1. The molecule has 0 aliphatic carbocycles. The van der Waals surface area contributed by atoms with Gasteiger partial charge in [-0.25, -0.2) is 9.59 Å². The topological polar surface area (TPSA) is 87.4 Å². The van der Waals surface area contributed by atoms with Crippen LogP contribution in [-0.4, -0.2) is 17.0 Å². The van der Waals surface area contributed by atoms with Crippen LogP contribution >= 0.6 is 0 Å². The largest absolute Gasteiger partial charge is 0.478 e. The molecule has 0 bridgehead atoms. The minimum atomic E-state index is -1.12. The fourth-order valence-corrected chi connectivity index (χ4v) is 0.245. The maximum Gasteiger partial charge on any atom is 0.334 e. The fourth-order valence-electron chi connectivity index (χ4n) is 0.245. The second-order valence-electron chi connectivity index (χ2n) is 2.08. The van der Waals surface area contributed by atoms with Crippen molar-refractivity contribution < 1.29 is 19.4 Å². The van der Waals surface area contributed by atoms with Gasteiger partial charge in [0.2, 0.25) is 0 Å². The van der Waals surface area contributed by atoms with Crippen molar-refractivity contribution in [3.8, 4) is 6.07 Å². The molecule has 5 nitrogen and oxygen atoms in total. The van der Waals surface area contributed by atoms with E-state index in [9.17, 15) is 9.59 Å². The highest BCUT2D eigenvalue weighted by Crippen LogP contribution is 1.92. The number of carbonyl (C=O) groups is 2. The van der Waals surface area contributed by atoms with Crippen molar-refractivity contribution in [2.75, 3.05) is 0 Å². The summed E-state index contributed by atoms with van der Waals surface area (Å²) in [5.74, 6) is -1.80. The summed E-state index contributed by atoms with van der Waals surface area (Å²) < 4.78 is 4.31. The standard InChI is InChI=1S/C7H8O4.C3H3N/c1-3-6(8)11-4-5(2)7(9)10;1-2-3-4/h3-4H,1H2,2H3,(H,9,10);2H,1H2. The van der Waals surface area contributed by atoms with Gasteiger partial charge in [0.15, 0.2) is 0 Å². The lowest BCUT2D eigenvalue weighted by Crippen LogP contribution is -1.99. The zero-order chi connectivity index (χ0) is 12.3. The lowest BCUT2D eigenvalue weighted by Gasteiger charge is -1.93. The van der Waals surface area contributed by atoms with Crippen LogP contribution in [0.4, 0.5) is 0 Å². The summed E-state index contributed by atoms with van der Waals surface area (Å²) in [6, 6.07) is 1.69. The molecule has 0 spiro atoms. The number of carbonyl (C=O) groups excluding carboxylic acids is 1. The van der Waals surface area contributed by atoms with Crippen molar-refractivity contribution >= 4 is 11.9 Å². The first kappa shape index (κ1) is 15.1. The Morgan fingerprint density at radius 3 is 2.20 bits per heavy atom. The molecule has 0 unspecified atom stereocenters. The average molecular weight is 209 g/mol. The molecule has 5 heteroatoms. The van der Waals surface area contributed by atoms with Gasteiger partial charge in [0.1, 0.15) is 6.26 Å². The summed E-state index contributed by atoms with van der Waals surface area (Å²) in [7, 11) is 0. The number of hydrogen-bond donors (Lipinski definition) is 1. The van der Waals surface area contributed by atoms with Gasteiger partial charge in [-0.15, -0.1) is 0 Å². The van der Waals surface area contributed by atoms with E-state index in [1.807, 2.05) is 0 Å². The van der Waals surface area contributed by atoms with E-state index < -0.39 is 11.9 Å². The Labute approximate surface area is 87.6 Å². The molecular weight excluding hydrogens is 198 g/mol. The normalized spacial score (nSPS) is 8.67. The van der Waals surface area contributed by atoms with E-state index in [0.29, 0.717) is 0 Å². The third kappa shape index (κ3) is 11.7. The van der Waals surface area contributed by atoms with Crippen molar-refractivity contribution in [2.45, 2.75) is 6.92 Å². The van der Waals surface area contributed by atoms with E-state index in [4.69, 9.17) is 10.4 Å². The van der Waals surface area contributed by atoms with Gasteiger partial charge in [0, 0.05) is 12.2 Å². The molecule has 0 fully saturated rings. The summed E-state index contributed by atoms with van der Waals surface area (Å²) in [6.45, 7) is 7.57. The Balaban J connectivity index is 0. The Bertz CT molecular complexity index is 323. The molecule has 15 heavy (non-hydrogen) atoms. The molecular formula is C10H11NO4. The van der Waals surface area contributed by atoms with Crippen molar-refractivity contribution in [3.05, 3.63) is 37.1 Å². The third-order valence-electron chi connectivity index (χ3n) is 0.947. The van der Waals surface area contributed by atoms with E-state index >= 15 is 0 Å². The van der Waals surface area contributed by atoms with Crippen LogP contribution in [0.5, 0.6) is 0 Å². The van der Waals surface area contributed by atoms with Gasteiger partial charge in [-0.2, -0.15) is 5.26 Å². The highest BCUT2D eigenvalue weighted by molar-refractivity contribution is 5.87. The fraction of sp³-hybridized carbons (Fsp3) is 0.100. The van der Waals surface area contributed by atoms with Gasteiger partial charge < -0.3 is 9.84 Å². The van der Waals surface area contributed by atoms with E-state index in [-0.39, 0.29) is 5.57 Å². The van der Waals surface area contributed by atoms with Crippen LogP contribution < -0.4 is 0 Å². The lowest BCUT2D eigenvalue weighted by atomic mass is 10.3. The second kappa shape index (κ2) is 9.74. The van der Waals surface area contributed by atoms with E-state index in [2.05, 4.69) is 17.9 Å². The predicted molar refractivity (Wildman–Crippen MR) is 53.5 cm³/mol. The van der Waals surface area contributed by atoms with Gasteiger partial charge in [-0.1, -0.05) is 13.2 Å². The first-order valence-corrected chi connectivity index (χ1v) is 3.73. The van der Waals surface area contributed by atoms with Gasteiger partial charge in [-0.3, -0.25) is 0 Å². The molecule has 0 atom stereocenters. The summed E-state index contributed by atoms with van der Waals surface area (Å²) in [5, 5.41) is 15.8. The van der Waals surface area contributed by atoms with E-state index in [1.165, 1.54) is 13.0 Å². The zero-order valence-corrected chi connectivity index (χ0v) is 8.27. The van der Waals surface area contributed by atoms with Gasteiger partial charge in [0.05, 0.1) is 11.6 Å². The third-order valence-corrected chi connectivity index (χ3v) is 0.947. The van der Waals surface area contributed by atoms with Gasteiger partial charge in [-0.05, 0) is 6.92 Å². The number of carboxylic acid groups (broad SMARTS) is 1. The van der Waals surface area contributed by atoms with Gasteiger partial charge in [0.25, 0.3) is 0 Å². The molecule has 0 aromatic carbocycles. The maximum atomic E-state index is 10.4. The molecule has 0 heterocycles. The molecule has 0 amide bonds. The number of nitriles is 1. The highest BCUT2D eigenvalue weighted by Gasteiger charge is 2.00. The average Bonchev–Trinajstić information content (AvgIpc) is 2.25. The van der Waals surface area contributed by atoms with Crippen LogP contribution in [0.15, 0.2) is 37.1 Å². The summed E-state index contributed by atoms with van der Waals surface area (Å²) in [4.78, 5) is 20.5. The molecule has 0 saturated carbocycles. The minimum absolute atomic E-state index is 0.0415. The number of aliphatic carboxylic acids is 1. The lowest BCUT2D eigenvalue weighted by molar-refractivity contribution is -0.133. The Morgan fingerprint density at radius 1 is 1.47 bits per heavy atom. The van der Waals surface area contributed by atoms with Crippen LogP contribution in [0.3, 0.4) is 0 Å². The summed E-state index contributed by atoms with van der Waals surface area (Å²) >= 11 is 0. The minimum Gasteiger partial charge on any atom is -0.478 e. The number of rotatable bonds is 3. The van der Waals surface area contributed by atoms with Crippen molar-refractivity contribution in [2.24, 2.45) is 0 Å². The van der Waals surface area contributed by atoms with Crippen molar-refractivity contribution in [1.82, 2.24) is 0 Å². The van der Waals surface area contributed by atoms with Crippen LogP contribution in [0.2, 0.25) is 0 Å². The first-order chi connectivity index (χ1) is 6.99. The maximum absolute atomic E-state index is 10.4. The van der Waals surface area contributed by atoms with E-state index in [1.54, 1.807) is 6.07 Å². The van der Waals surface area contributed by atoms with Crippen LogP contribution in [0.25, 0.3) is 0 Å². The first-order valence-electron chi connectivity index (χ1n) is 3.73. The Kier molecular flexibility index (Phi) is 9.82. The Morgan fingerprint density at radius 2 is 1.93 bits per heavy atom. The number of carboxylic acids is 1. The SMILES string of the molecule is C=CC#N.C=CC(=O)OC=C(C)C(=O)O. The zero-order valence-electron chi connectivity index (χ0n) is 8.27. The monoisotopic (exact) mass is 209 g/mol. The summed E-state index contributed by atoms with van der Waals surface area (Å²) in [6.07, 6.45) is 3.00. The molecule has 0 aromatic rings. The highest BCUT2D eigenvalue weighted by atomic mass is 16.5. The predicted octanol–water partition coefficient (Wildman–Crippen LogP) is 1.40. The molecule has 0 aliphatic rings. The molecule has 0 aromatic heterocycles. The molecule has 0 aliphatic heterocycles. The van der Waals surface area contributed by atoms with Crippen molar-refractivity contribution in [1.29, 1.82) is 5.26 Å². The van der Waals surface area contributed by atoms with Crippen LogP contribution in [0, 0.1) is 11.3 Å². The molecule has 0 radical (unpaired) electrons. The van der Waals surface area contributed by atoms with E-state index in [0.717, 1.165) is 12.3 Å².